The predicted molar refractivity (Wildman–Crippen MR) is 98.9 cm³/mol. The number of rotatable bonds is 7. The summed E-state index contributed by atoms with van der Waals surface area (Å²) in [6.07, 6.45) is 8.60. The van der Waals surface area contributed by atoms with Gasteiger partial charge in [-0.05, 0) is 33.4 Å². The van der Waals surface area contributed by atoms with Crippen LogP contribution < -0.4 is 4.90 Å². The smallest absolute Gasteiger partial charge is 0.208 e. The van der Waals surface area contributed by atoms with E-state index in [0.29, 0.717) is 5.92 Å². The van der Waals surface area contributed by atoms with Crippen LogP contribution in [-0.2, 0) is 13.0 Å². The van der Waals surface area contributed by atoms with Gasteiger partial charge in [0, 0.05) is 50.9 Å². The van der Waals surface area contributed by atoms with Gasteiger partial charge in [-0.1, -0.05) is 18.3 Å². The minimum atomic E-state index is 0.481. The molecule has 0 bridgehead atoms. The molecule has 0 spiro atoms. The Bertz CT molecular complexity index is 635. The molecule has 0 unspecified atom stereocenters. The summed E-state index contributed by atoms with van der Waals surface area (Å²) in [6, 6.07) is 0. The molecule has 0 amide bonds. The van der Waals surface area contributed by atoms with Crippen LogP contribution >= 0.6 is 11.3 Å². The molecule has 1 fully saturated rings. The summed E-state index contributed by atoms with van der Waals surface area (Å²) in [5, 5.41) is 11.0. The second kappa shape index (κ2) is 8.07. The van der Waals surface area contributed by atoms with Gasteiger partial charge in [-0.3, -0.25) is 0 Å². The average Bonchev–Trinajstić information content (AvgIpc) is 3.22. The number of nitrogens with zero attached hydrogens (tertiary/aromatic N) is 6. The summed E-state index contributed by atoms with van der Waals surface area (Å²) in [5.74, 6) is 1.70. The lowest BCUT2D eigenvalue weighted by Crippen LogP contribution is -2.35. The van der Waals surface area contributed by atoms with E-state index < -0.39 is 0 Å². The number of hydrogen-bond donors (Lipinski definition) is 0. The van der Waals surface area contributed by atoms with Crippen LogP contribution in [0, 0.1) is 0 Å². The lowest BCUT2D eigenvalue weighted by Gasteiger charge is -2.32. The van der Waals surface area contributed by atoms with Crippen LogP contribution in [0.3, 0.4) is 0 Å². The number of aryl methyl sites for hydroxylation is 1. The molecule has 0 aliphatic carbocycles. The van der Waals surface area contributed by atoms with Gasteiger partial charge < -0.3 is 14.4 Å². The highest BCUT2D eigenvalue weighted by Gasteiger charge is 2.26. The normalized spacial score (nSPS) is 18.5. The molecule has 0 saturated carbocycles. The number of aromatic nitrogens is 4. The van der Waals surface area contributed by atoms with Gasteiger partial charge in [0.2, 0.25) is 5.13 Å². The standard InChI is InChI=1S/C17H28N6S/c1-4-6-15-19-20-17(24-15)23-9-5-7-14(13-23)16-18-8-10-22(16)12-11-21(2)3/h8,10,14H,4-7,9,11-13H2,1-3H3/t14-/m1/s1. The summed E-state index contributed by atoms with van der Waals surface area (Å²) in [4.78, 5) is 9.28. The molecule has 6 nitrogen and oxygen atoms in total. The highest BCUT2D eigenvalue weighted by Crippen LogP contribution is 2.31. The molecule has 1 aliphatic heterocycles. The first-order chi connectivity index (χ1) is 11.7. The summed E-state index contributed by atoms with van der Waals surface area (Å²) < 4.78 is 2.32. The molecule has 24 heavy (non-hydrogen) atoms. The van der Waals surface area contributed by atoms with Crippen molar-refractivity contribution in [3.8, 4) is 0 Å². The van der Waals surface area contributed by atoms with Crippen LogP contribution in [0.4, 0.5) is 5.13 Å². The molecule has 2 aromatic rings. The van der Waals surface area contributed by atoms with E-state index >= 15 is 0 Å². The van der Waals surface area contributed by atoms with Crippen molar-refractivity contribution in [3.63, 3.8) is 0 Å². The molecule has 0 radical (unpaired) electrons. The Hall–Kier alpha value is -1.47. The van der Waals surface area contributed by atoms with Crippen molar-refractivity contribution < 1.29 is 0 Å². The first-order valence-corrected chi connectivity index (χ1v) is 9.72. The van der Waals surface area contributed by atoms with Gasteiger partial charge in [-0.2, -0.15) is 0 Å². The Morgan fingerprint density at radius 1 is 1.33 bits per heavy atom. The van der Waals surface area contributed by atoms with Crippen LogP contribution in [0.25, 0.3) is 0 Å². The first-order valence-electron chi connectivity index (χ1n) is 8.90. The average molecular weight is 349 g/mol. The van der Waals surface area contributed by atoms with E-state index in [9.17, 15) is 0 Å². The third-order valence-electron chi connectivity index (χ3n) is 4.51. The second-order valence-corrected chi connectivity index (χ2v) is 7.84. The maximum absolute atomic E-state index is 4.67. The minimum Gasteiger partial charge on any atom is -0.346 e. The monoisotopic (exact) mass is 348 g/mol. The Kier molecular flexibility index (Phi) is 5.84. The molecule has 3 heterocycles. The zero-order valence-electron chi connectivity index (χ0n) is 15.0. The Labute approximate surface area is 148 Å². The predicted octanol–water partition coefficient (Wildman–Crippen LogP) is 2.63. The van der Waals surface area contributed by atoms with Crippen molar-refractivity contribution in [2.75, 3.05) is 38.6 Å². The van der Waals surface area contributed by atoms with Crippen LogP contribution in [0.5, 0.6) is 0 Å². The molecule has 1 saturated heterocycles. The van der Waals surface area contributed by atoms with Crippen molar-refractivity contribution in [2.24, 2.45) is 0 Å². The molecule has 1 atom stereocenters. The van der Waals surface area contributed by atoms with E-state index in [4.69, 9.17) is 0 Å². The fraction of sp³-hybridized carbons (Fsp3) is 0.706. The number of imidazole rings is 1. The van der Waals surface area contributed by atoms with E-state index in [2.05, 4.69) is 56.8 Å². The summed E-state index contributed by atoms with van der Waals surface area (Å²) >= 11 is 1.75. The molecule has 2 aromatic heterocycles. The maximum Gasteiger partial charge on any atom is 0.208 e. The number of piperidine rings is 1. The zero-order valence-corrected chi connectivity index (χ0v) is 15.8. The molecular formula is C17H28N6S. The van der Waals surface area contributed by atoms with Crippen LogP contribution in [0.15, 0.2) is 12.4 Å². The van der Waals surface area contributed by atoms with Crippen LogP contribution in [0.2, 0.25) is 0 Å². The second-order valence-electron chi connectivity index (χ2n) is 6.80. The highest BCUT2D eigenvalue weighted by atomic mass is 32.1. The Balaban J connectivity index is 1.68. The van der Waals surface area contributed by atoms with E-state index in [-0.39, 0.29) is 0 Å². The maximum atomic E-state index is 4.67. The van der Waals surface area contributed by atoms with Crippen molar-refractivity contribution in [3.05, 3.63) is 23.2 Å². The van der Waals surface area contributed by atoms with Crippen molar-refractivity contribution in [2.45, 2.75) is 45.1 Å². The number of hydrogen-bond acceptors (Lipinski definition) is 6. The summed E-state index contributed by atoms with van der Waals surface area (Å²) in [6.45, 7) is 6.30. The Morgan fingerprint density at radius 3 is 3.00 bits per heavy atom. The number of anilines is 1. The van der Waals surface area contributed by atoms with Crippen molar-refractivity contribution >= 4 is 16.5 Å². The van der Waals surface area contributed by atoms with Gasteiger partial charge in [0.05, 0.1) is 0 Å². The van der Waals surface area contributed by atoms with Crippen molar-refractivity contribution in [1.82, 2.24) is 24.6 Å². The van der Waals surface area contributed by atoms with Crippen LogP contribution in [0.1, 0.15) is 42.9 Å². The highest BCUT2D eigenvalue weighted by molar-refractivity contribution is 7.15. The SMILES string of the molecule is CCCc1nnc(N2CCC[C@@H](c3nccn3CCN(C)C)C2)s1. The van der Waals surface area contributed by atoms with E-state index in [1.54, 1.807) is 11.3 Å². The molecule has 0 aromatic carbocycles. The molecule has 1 aliphatic rings. The largest absolute Gasteiger partial charge is 0.346 e. The van der Waals surface area contributed by atoms with Gasteiger partial charge >= 0.3 is 0 Å². The molecular weight excluding hydrogens is 320 g/mol. The minimum absolute atomic E-state index is 0.481. The third kappa shape index (κ3) is 4.13. The van der Waals surface area contributed by atoms with E-state index in [1.807, 2.05) is 6.20 Å². The molecule has 0 N–H and O–H groups in total. The molecule has 3 rings (SSSR count). The van der Waals surface area contributed by atoms with Gasteiger partial charge in [-0.25, -0.2) is 4.98 Å². The summed E-state index contributed by atoms with van der Waals surface area (Å²) in [7, 11) is 4.23. The van der Waals surface area contributed by atoms with Crippen LogP contribution in [-0.4, -0.2) is 58.4 Å². The fourth-order valence-electron chi connectivity index (χ4n) is 3.23. The topological polar surface area (TPSA) is 50.1 Å². The van der Waals surface area contributed by atoms with E-state index in [0.717, 1.165) is 49.2 Å². The summed E-state index contributed by atoms with van der Waals surface area (Å²) in [5.41, 5.74) is 0. The zero-order chi connectivity index (χ0) is 16.9. The fourth-order valence-corrected chi connectivity index (χ4v) is 4.20. The quantitative estimate of drug-likeness (QED) is 0.770. The molecule has 7 heteroatoms. The number of likely N-dealkylation sites (N-methyl/N-ethyl adjacent to an activating group) is 1. The van der Waals surface area contributed by atoms with E-state index in [1.165, 1.54) is 18.7 Å². The van der Waals surface area contributed by atoms with Gasteiger partial charge in [-0.15, -0.1) is 10.2 Å². The lowest BCUT2D eigenvalue weighted by molar-refractivity contribution is 0.373. The first kappa shape index (κ1) is 17.4. The van der Waals surface area contributed by atoms with Gasteiger partial charge in [0.25, 0.3) is 0 Å². The van der Waals surface area contributed by atoms with Gasteiger partial charge in [0.1, 0.15) is 10.8 Å². The van der Waals surface area contributed by atoms with Crippen molar-refractivity contribution in [1.29, 1.82) is 0 Å². The van der Waals surface area contributed by atoms with Gasteiger partial charge in [0.15, 0.2) is 0 Å². The lowest BCUT2D eigenvalue weighted by atomic mass is 9.97. The molecule has 132 valence electrons. The Morgan fingerprint density at radius 2 is 2.21 bits per heavy atom. The third-order valence-corrected chi connectivity index (χ3v) is 5.56.